The van der Waals surface area contributed by atoms with Gasteiger partial charge in [0, 0.05) is 7.11 Å². The van der Waals surface area contributed by atoms with Gasteiger partial charge in [-0.3, -0.25) is 0 Å². The van der Waals surface area contributed by atoms with Crippen LogP contribution in [0.5, 0.6) is 0 Å². The van der Waals surface area contributed by atoms with Crippen LogP contribution < -0.4 is 0 Å². The molecule has 2 aromatic rings. The van der Waals surface area contributed by atoms with E-state index in [-0.39, 0.29) is 0 Å². The fourth-order valence-corrected chi connectivity index (χ4v) is 2.88. The summed E-state index contributed by atoms with van der Waals surface area (Å²) in [6.07, 6.45) is 0.331. The molecule has 0 aromatic heterocycles. The van der Waals surface area contributed by atoms with Gasteiger partial charge in [-0.2, -0.15) is 0 Å². The van der Waals surface area contributed by atoms with E-state index < -0.39 is 6.10 Å². The second kappa shape index (κ2) is 6.88. The number of ether oxygens (including phenoxy) is 1. The Kier molecular flexibility index (Phi) is 5.16. The van der Waals surface area contributed by atoms with Crippen LogP contribution in [-0.2, 0) is 11.2 Å². The molecule has 0 saturated carbocycles. The highest BCUT2D eigenvalue weighted by Crippen LogP contribution is 2.28. The molecule has 2 rings (SSSR count). The maximum Gasteiger partial charge on any atom is 0.105 e. The van der Waals surface area contributed by atoms with E-state index in [4.69, 9.17) is 4.74 Å². The number of aryl methyl sites for hydroxylation is 3. The van der Waals surface area contributed by atoms with Crippen LogP contribution in [0.4, 0.5) is 0 Å². The Bertz CT molecular complexity index is 576. The van der Waals surface area contributed by atoms with Crippen LogP contribution in [0, 0.1) is 20.8 Å². The molecular formula is C19H24O2. The molecule has 0 aliphatic heterocycles. The van der Waals surface area contributed by atoms with Crippen LogP contribution in [0.1, 0.15) is 39.5 Å². The zero-order chi connectivity index (χ0) is 15.4. The van der Waals surface area contributed by atoms with Crippen molar-refractivity contribution in [1.82, 2.24) is 0 Å². The molecule has 0 saturated heterocycles. The van der Waals surface area contributed by atoms with Gasteiger partial charge in [0.2, 0.25) is 0 Å². The molecule has 0 aliphatic rings. The molecule has 1 unspecified atom stereocenters. The van der Waals surface area contributed by atoms with Gasteiger partial charge in [-0.15, -0.1) is 0 Å². The van der Waals surface area contributed by atoms with Crippen molar-refractivity contribution < 1.29 is 9.84 Å². The predicted octanol–water partition coefficient (Wildman–Crippen LogP) is 3.88. The summed E-state index contributed by atoms with van der Waals surface area (Å²) in [4.78, 5) is 0. The average molecular weight is 284 g/mol. The SMILES string of the molecule is COCCc1ccc(C(O)c2c(C)cc(C)cc2C)cc1. The first-order valence-corrected chi connectivity index (χ1v) is 7.36. The number of aliphatic hydroxyl groups is 1. The van der Waals surface area contributed by atoms with E-state index in [0.717, 1.165) is 35.3 Å². The molecular weight excluding hydrogens is 260 g/mol. The Hall–Kier alpha value is -1.64. The van der Waals surface area contributed by atoms with E-state index in [1.54, 1.807) is 7.11 Å². The maximum absolute atomic E-state index is 10.7. The van der Waals surface area contributed by atoms with Gasteiger partial charge in [0.25, 0.3) is 0 Å². The standard InChI is InChI=1S/C19H24O2/c1-13-11-14(2)18(15(3)12-13)19(20)17-7-5-16(6-8-17)9-10-21-4/h5-8,11-12,19-20H,9-10H2,1-4H3. The van der Waals surface area contributed by atoms with Crippen molar-refractivity contribution in [3.8, 4) is 0 Å². The summed E-state index contributed by atoms with van der Waals surface area (Å²) in [5.74, 6) is 0. The first-order valence-electron chi connectivity index (χ1n) is 7.36. The molecule has 112 valence electrons. The molecule has 0 radical (unpaired) electrons. The molecule has 0 fully saturated rings. The number of hydrogen-bond acceptors (Lipinski definition) is 2. The van der Waals surface area contributed by atoms with Gasteiger partial charge in [0.1, 0.15) is 6.10 Å². The fraction of sp³-hybridized carbons (Fsp3) is 0.368. The molecule has 0 aliphatic carbocycles. The van der Waals surface area contributed by atoms with Crippen LogP contribution in [0.25, 0.3) is 0 Å². The minimum absolute atomic E-state index is 0.568. The minimum atomic E-state index is -0.568. The van der Waals surface area contributed by atoms with Crippen LogP contribution in [0.2, 0.25) is 0 Å². The largest absolute Gasteiger partial charge is 0.384 e. The van der Waals surface area contributed by atoms with Gasteiger partial charge in [0.05, 0.1) is 6.61 Å². The molecule has 1 atom stereocenters. The smallest absolute Gasteiger partial charge is 0.105 e. The molecule has 0 amide bonds. The van der Waals surface area contributed by atoms with E-state index in [9.17, 15) is 5.11 Å². The van der Waals surface area contributed by atoms with Gasteiger partial charge in [-0.25, -0.2) is 0 Å². The number of hydrogen-bond donors (Lipinski definition) is 1. The van der Waals surface area contributed by atoms with Gasteiger partial charge < -0.3 is 9.84 Å². The van der Waals surface area contributed by atoms with Gasteiger partial charge >= 0.3 is 0 Å². The first kappa shape index (κ1) is 15.7. The summed E-state index contributed by atoms with van der Waals surface area (Å²) in [5.41, 5.74) is 6.70. The summed E-state index contributed by atoms with van der Waals surface area (Å²) < 4.78 is 5.09. The van der Waals surface area contributed by atoms with Crippen molar-refractivity contribution in [3.63, 3.8) is 0 Å². The third-order valence-electron chi connectivity index (χ3n) is 3.90. The van der Waals surface area contributed by atoms with E-state index in [1.165, 1.54) is 11.1 Å². The number of methoxy groups -OCH3 is 1. The Labute approximate surface area is 127 Å². The summed E-state index contributed by atoms with van der Waals surface area (Å²) in [5, 5.41) is 10.7. The lowest BCUT2D eigenvalue weighted by Crippen LogP contribution is -2.05. The van der Waals surface area contributed by atoms with Crippen molar-refractivity contribution >= 4 is 0 Å². The zero-order valence-electron chi connectivity index (χ0n) is 13.3. The van der Waals surface area contributed by atoms with Crippen LogP contribution in [0.15, 0.2) is 36.4 Å². The van der Waals surface area contributed by atoms with E-state index in [0.29, 0.717) is 0 Å². The van der Waals surface area contributed by atoms with Gasteiger partial charge in [-0.05, 0) is 55.0 Å². The minimum Gasteiger partial charge on any atom is -0.384 e. The molecule has 21 heavy (non-hydrogen) atoms. The van der Waals surface area contributed by atoms with Gasteiger partial charge in [0.15, 0.2) is 0 Å². The van der Waals surface area contributed by atoms with E-state index in [1.807, 2.05) is 12.1 Å². The lowest BCUT2D eigenvalue weighted by Gasteiger charge is -2.18. The summed E-state index contributed by atoms with van der Waals surface area (Å²) in [6, 6.07) is 12.4. The third-order valence-corrected chi connectivity index (χ3v) is 3.90. The lowest BCUT2D eigenvalue weighted by molar-refractivity contribution is 0.202. The van der Waals surface area contributed by atoms with Gasteiger partial charge in [-0.1, -0.05) is 42.0 Å². The molecule has 0 bridgehead atoms. The normalized spacial score (nSPS) is 12.4. The quantitative estimate of drug-likeness (QED) is 0.903. The summed E-state index contributed by atoms with van der Waals surface area (Å²) >= 11 is 0. The number of aliphatic hydroxyl groups excluding tert-OH is 1. The highest BCUT2D eigenvalue weighted by molar-refractivity contribution is 5.43. The highest BCUT2D eigenvalue weighted by atomic mass is 16.5. The van der Waals surface area contributed by atoms with Crippen molar-refractivity contribution in [3.05, 3.63) is 69.8 Å². The zero-order valence-corrected chi connectivity index (χ0v) is 13.3. The molecule has 0 spiro atoms. The summed E-state index contributed by atoms with van der Waals surface area (Å²) in [7, 11) is 1.71. The lowest BCUT2D eigenvalue weighted by atomic mass is 9.91. The Morgan fingerprint density at radius 1 is 1.00 bits per heavy atom. The average Bonchev–Trinajstić information content (AvgIpc) is 2.44. The fourth-order valence-electron chi connectivity index (χ4n) is 2.88. The Balaban J connectivity index is 2.26. The molecule has 2 nitrogen and oxygen atoms in total. The molecule has 2 heteroatoms. The molecule has 1 N–H and O–H groups in total. The molecule has 0 heterocycles. The van der Waals surface area contributed by atoms with Crippen molar-refractivity contribution in [1.29, 1.82) is 0 Å². The Morgan fingerprint density at radius 3 is 2.10 bits per heavy atom. The Morgan fingerprint density at radius 2 is 1.57 bits per heavy atom. The maximum atomic E-state index is 10.7. The summed E-state index contributed by atoms with van der Waals surface area (Å²) in [6.45, 7) is 6.93. The van der Waals surface area contributed by atoms with Crippen LogP contribution in [-0.4, -0.2) is 18.8 Å². The second-order valence-corrected chi connectivity index (χ2v) is 5.70. The van der Waals surface area contributed by atoms with Crippen molar-refractivity contribution in [2.24, 2.45) is 0 Å². The molecule has 2 aromatic carbocycles. The topological polar surface area (TPSA) is 29.5 Å². The number of rotatable bonds is 5. The van der Waals surface area contributed by atoms with E-state index >= 15 is 0 Å². The first-order chi connectivity index (χ1) is 10.0. The second-order valence-electron chi connectivity index (χ2n) is 5.70. The monoisotopic (exact) mass is 284 g/mol. The van der Waals surface area contributed by atoms with Crippen LogP contribution in [0.3, 0.4) is 0 Å². The van der Waals surface area contributed by atoms with E-state index in [2.05, 4.69) is 45.0 Å². The van der Waals surface area contributed by atoms with Crippen molar-refractivity contribution in [2.45, 2.75) is 33.3 Å². The van der Waals surface area contributed by atoms with Crippen molar-refractivity contribution in [2.75, 3.05) is 13.7 Å². The van der Waals surface area contributed by atoms with Crippen LogP contribution >= 0.6 is 0 Å². The third kappa shape index (κ3) is 3.72. The highest BCUT2D eigenvalue weighted by Gasteiger charge is 2.15. The predicted molar refractivity (Wildman–Crippen MR) is 86.7 cm³/mol. The number of benzene rings is 2.